The number of hydrogen-bond acceptors (Lipinski definition) is 5. The van der Waals surface area contributed by atoms with Crippen LogP contribution in [0.2, 0.25) is 0 Å². The average molecular weight is 294 g/mol. The number of halogens is 3. The highest BCUT2D eigenvalue weighted by molar-refractivity contribution is 4.89. The van der Waals surface area contributed by atoms with Crippen molar-refractivity contribution in [1.82, 2.24) is 10.1 Å². The van der Waals surface area contributed by atoms with Gasteiger partial charge in [0.2, 0.25) is 5.89 Å². The van der Waals surface area contributed by atoms with Crippen LogP contribution >= 0.6 is 0 Å². The zero-order chi connectivity index (χ0) is 14.6. The number of aromatic nitrogens is 2. The largest absolute Gasteiger partial charge is 0.411 e. The van der Waals surface area contributed by atoms with Gasteiger partial charge in [0.05, 0.1) is 6.10 Å². The summed E-state index contributed by atoms with van der Waals surface area (Å²) in [5.41, 5.74) is 0. The molecule has 114 valence electrons. The molecule has 1 aromatic heterocycles. The first kappa shape index (κ1) is 15.2. The molecular formula is C12H17F3N2O3. The van der Waals surface area contributed by atoms with Crippen molar-refractivity contribution < 1.29 is 27.5 Å². The molecule has 8 heteroatoms. The molecule has 0 bridgehead atoms. The lowest BCUT2D eigenvalue weighted by molar-refractivity contribution is -0.177. The Morgan fingerprint density at radius 2 is 2.05 bits per heavy atom. The monoisotopic (exact) mass is 294 g/mol. The summed E-state index contributed by atoms with van der Waals surface area (Å²) in [6.45, 7) is -1.67. The van der Waals surface area contributed by atoms with E-state index in [0.717, 1.165) is 25.7 Å². The lowest BCUT2D eigenvalue weighted by Crippen LogP contribution is -2.26. The second-order valence-electron chi connectivity index (χ2n) is 5.03. The average Bonchev–Trinajstić information content (AvgIpc) is 2.78. The summed E-state index contributed by atoms with van der Waals surface area (Å²) in [6, 6.07) is 0. The van der Waals surface area contributed by atoms with Crippen molar-refractivity contribution in [3.8, 4) is 0 Å². The highest BCUT2D eigenvalue weighted by Crippen LogP contribution is 2.27. The van der Waals surface area contributed by atoms with E-state index in [-0.39, 0.29) is 24.5 Å². The van der Waals surface area contributed by atoms with E-state index in [4.69, 9.17) is 4.52 Å². The predicted molar refractivity (Wildman–Crippen MR) is 61.7 cm³/mol. The maximum atomic E-state index is 11.9. The van der Waals surface area contributed by atoms with Crippen LogP contribution in [-0.4, -0.2) is 34.1 Å². The lowest BCUT2D eigenvalue weighted by atomic mass is 9.84. The second-order valence-corrected chi connectivity index (χ2v) is 5.03. The van der Waals surface area contributed by atoms with Gasteiger partial charge in [-0.05, 0) is 18.8 Å². The molecule has 5 nitrogen and oxygen atoms in total. The Morgan fingerprint density at radius 3 is 2.75 bits per heavy atom. The molecule has 2 unspecified atom stereocenters. The van der Waals surface area contributed by atoms with Crippen molar-refractivity contribution in [3.05, 3.63) is 11.7 Å². The third-order valence-corrected chi connectivity index (χ3v) is 3.31. The first-order valence-electron chi connectivity index (χ1n) is 6.58. The standard InChI is InChI=1S/C12H17F3N2O3/c13-12(14,15)7-19-6-10-16-11(20-17-10)5-8-3-1-2-4-9(8)18/h8-9,18H,1-7H2. The first-order chi connectivity index (χ1) is 9.44. The van der Waals surface area contributed by atoms with Gasteiger partial charge in [-0.3, -0.25) is 0 Å². The summed E-state index contributed by atoms with van der Waals surface area (Å²) in [4.78, 5) is 3.98. The molecule has 20 heavy (non-hydrogen) atoms. The maximum Gasteiger partial charge on any atom is 0.411 e. The van der Waals surface area contributed by atoms with Crippen molar-refractivity contribution in [1.29, 1.82) is 0 Å². The maximum absolute atomic E-state index is 11.9. The number of aliphatic hydroxyl groups excluding tert-OH is 1. The molecule has 1 N–H and O–H groups in total. The number of alkyl halides is 3. The Labute approximate surface area is 114 Å². The van der Waals surface area contributed by atoms with Crippen molar-refractivity contribution in [2.24, 2.45) is 5.92 Å². The van der Waals surface area contributed by atoms with Gasteiger partial charge in [0.15, 0.2) is 5.82 Å². The van der Waals surface area contributed by atoms with Crippen LogP contribution in [0.1, 0.15) is 37.4 Å². The van der Waals surface area contributed by atoms with Crippen LogP contribution < -0.4 is 0 Å². The molecule has 0 saturated heterocycles. The number of nitrogens with zero attached hydrogens (tertiary/aromatic N) is 2. The van der Waals surface area contributed by atoms with Gasteiger partial charge >= 0.3 is 6.18 Å². The minimum absolute atomic E-state index is 0.0770. The fraction of sp³-hybridized carbons (Fsp3) is 0.833. The molecule has 2 rings (SSSR count). The summed E-state index contributed by atoms with van der Waals surface area (Å²) >= 11 is 0. The zero-order valence-electron chi connectivity index (χ0n) is 10.9. The third kappa shape index (κ3) is 4.75. The smallest absolute Gasteiger partial charge is 0.393 e. The highest BCUT2D eigenvalue weighted by atomic mass is 19.4. The van der Waals surface area contributed by atoms with E-state index in [9.17, 15) is 18.3 Å². The van der Waals surface area contributed by atoms with Gasteiger partial charge in [-0.15, -0.1) is 0 Å². The predicted octanol–water partition coefficient (Wildman–Crippen LogP) is 2.24. The molecule has 0 amide bonds. The molecule has 0 radical (unpaired) electrons. The molecule has 0 aliphatic heterocycles. The molecule has 1 aliphatic carbocycles. The minimum Gasteiger partial charge on any atom is -0.393 e. The van der Waals surface area contributed by atoms with Crippen LogP contribution in [0, 0.1) is 5.92 Å². The van der Waals surface area contributed by atoms with Gasteiger partial charge in [-0.2, -0.15) is 18.2 Å². The van der Waals surface area contributed by atoms with Gasteiger partial charge in [0.25, 0.3) is 0 Å². The van der Waals surface area contributed by atoms with Gasteiger partial charge < -0.3 is 14.4 Å². The van der Waals surface area contributed by atoms with Crippen molar-refractivity contribution in [2.45, 2.75) is 51.0 Å². The SMILES string of the molecule is OC1CCCCC1Cc1nc(COCC(F)(F)F)no1. The Kier molecular flexibility index (Phi) is 4.98. The van der Waals surface area contributed by atoms with E-state index in [2.05, 4.69) is 14.9 Å². The number of rotatable bonds is 5. The quantitative estimate of drug-likeness (QED) is 0.902. The Morgan fingerprint density at radius 1 is 1.30 bits per heavy atom. The fourth-order valence-corrected chi connectivity index (χ4v) is 2.34. The molecule has 1 saturated carbocycles. The second kappa shape index (κ2) is 6.53. The number of ether oxygens (including phenoxy) is 1. The van der Waals surface area contributed by atoms with E-state index in [1.807, 2.05) is 0 Å². The zero-order valence-corrected chi connectivity index (χ0v) is 10.9. The molecule has 1 aliphatic rings. The molecule has 0 aromatic carbocycles. The Bertz CT molecular complexity index is 422. The van der Waals surface area contributed by atoms with Crippen molar-refractivity contribution in [3.63, 3.8) is 0 Å². The molecule has 1 aromatic rings. The van der Waals surface area contributed by atoms with Crippen LogP contribution in [0.25, 0.3) is 0 Å². The van der Waals surface area contributed by atoms with E-state index in [1.54, 1.807) is 0 Å². The molecular weight excluding hydrogens is 277 g/mol. The van der Waals surface area contributed by atoms with Gasteiger partial charge in [-0.1, -0.05) is 18.0 Å². The lowest BCUT2D eigenvalue weighted by Gasteiger charge is -2.26. The first-order valence-corrected chi connectivity index (χ1v) is 6.58. The van der Waals surface area contributed by atoms with Gasteiger partial charge in [0, 0.05) is 6.42 Å². The summed E-state index contributed by atoms with van der Waals surface area (Å²) < 4.78 is 45.1. The van der Waals surface area contributed by atoms with E-state index < -0.39 is 12.8 Å². The number of aliphatic hydroxyl groups is 1. The van der Waals surface area contributed by atoms with Crippen LogP contribution in [0.4, 0.5) is 13.2 Å². The topological polar surface area (TPSA) is 68.4 Å². The van der Waals surface area contributed by atoms with E-state index >= 15 is 0 Å². The van der Waals surface area contributed by atoms with Gasteiger partial charge in [-0.25, -0.2) is 0 Å². The van der Waals surface area contributed by atoms with E-state index in [0.29, 0.717) is 12.3 Å². The van der Waals surface area contributed by atoms with Crippen LogP contribution in [0.3, 0.4) is 0 Å². The molecule has 1 fully saturated rings. The number of hydrogen-bond donors (Lipinski definition) is 1. The van der Waals surface area contributed by atoms with Crippen LogP contribution in [0.5, 0.6) is 0 Å². The third-order valence-electron chi connectivity index (χ3n) is 3.31. The minimum atomic E-state index is -4.36. The Hall–Kier alpha value is -1.15. The van der Waals surface area contributed by atoms with Gasteiger partial charge in [0.1, 0.15) is 13.2 Å². The highest BCUT2D eigenvalue weighted by Gasteiger charge is 2.28. The van der Waals surface area contributed by atoms with Crippen molar-refractivity contribution >= 4 is 0 Å². The summed E-state index contributed by atoms with van der Waals surface area (Å²) in [6.07, 6.45) is -0.563. The van der Waals surface area contributed by atoms with Crippen LogP contribution in [-0.2, 0) is 17.8 Å². The fourth-order valence-electron chi connectivity index (χ4n) is 2.34. The Balaban J connectivity index is 1.79. The normalized spacial score (nSPS) is 24.0. The summed E-state index contributed by atoms with van der Waals surface area (Å²) in [7, 11) is 0. The summed E-state index contributed by atoms with van der Waals surface area (Å²) in [5.74, 6) is 0.504. The van der Waals surface area contributed by atoms with Crippen LogP contribution in [0.15, 0.2) is 4.52 Å². The molecule has 2 atom stereocenters. The van der Waals surface area contributed by atoms with E-state index in [1.165, 1.54) is 0 Å². The van der Waals surface area contributed by atoms with Crippen molar-refractivity contribution in [2.75, 3.05) is 6.61 Å². The molecule has 0 spiro atoms. The summed E-state index contributed by atoms with van der Waals surface area (Å²) in [5, 5.41) is 13.4. The molecule has 1 heterocycles.